The molecule has 7 aromatic rings. The first kappa shape index (κ1) is 51.9. The zero-order valence-corrected chi connectivity index (χ0v) is 40.2. The Bertz CT molecular complexity index is 3260. The van der Waals surface area contributed by atoms with E-state index in [0.29, 0.717) is 79.0 Å². The number of nitrogens with zero attached hydrogens (tertiary/aromatic N) is 7. The molecule has 3 aliphatic carbocycles. The first-order valence-electron chi connectivity index (χ1n) is 24.5. The van der Waals surface area contributed by atoms with Gasteiger partial charge in [0.05, 0.1) is 46.7 Å². The number of carbonyl (C=O) groups is 3. The van der Waals surface area contributed by atoms with Crippen LogP contribution in [0.5, 0.6) is 0 Å². The Morgan fingerprint density at radius 3 is 1.65 bits per heavy atom. The van der Waals surface area contributed by atoms with E-state index >= 15 is 0 Å². The molecule has 1 N–H and O–H groups in total. The van der Waals surface area contributed by atoms with Crippen molar-refractivity contribution < 1.29 is 37.1 Å². The van der Waals surface area contributed by atoms with Gasteiger partial charge in [-0.3, -0.25) is 29.3 Å². The normalized spacial score (nSPS) is 19.9. The third-order valence-electron chi connectivity index (χ3n) is 13.9. The number of ketones is 3. The third-order valence-corrected chi connectivity index (χ3v) is 13.9. The van der Waals surface area contributed by atoms with Crippen molar-refractivity contribution in [3.05, 3.63) is 201 Å². The van der Waals surface area contributed by atoms with Gasteiger partial charge in [0.2, 0.25) is 5.89 Å². The van der Waals surface area contributed by atoms with E-state index in [2.05, 4.69) is 19.9 Å². The summed E-state index contributed by atoms with van der Waals surface area (Å²) in [5.41, 5.74) is 5.61. The predicted molar refractivity (Wildman–Crippen MR) is 265 cm³/mol. The van der Waals surface area contributed by atoms with Crippen LogP contribution in [-0.2, 0) is 17.6 Å². The van der Waals surface area contributed by atoms with Gasteiger partial charge < -0.3 is 9.52 Å². The Labute approximate surface area is 426 Å². The molecule has 3 aliphatic rings. The van der Waals surface area contributed by atoms with E-state index in [1.54, 1.807) is 73.2 Å². The van der Waals surface area contributed by atoms with Gasteiger partial charge in [-0.1, -0.05) is 18.2 Å². The van der Waals surface area contributed by atoms with E-state index in [1.807, 2.05) is 36.4 Å². The van der Waals surface area contributed by atoms with Crippen LogP contribution in [0.1, 0.15) is 141 Å². The van der Waals surface area contributed by atoms with Crippen LogP contribution in [0.25, 0.3) is 11.6 Å². The lowest BCUT2D eigenvalue weighted by Crippen LogP contribution is -2.30. The maximum absolute atomic E-state index is 13.7. The van der Waals surface area contributed by atoms with Crippen LogP contribution in [0.15, 0.2) is 132 Å². The second-order valence-corrected chi connectivity index (χ2v) is 18.9. The Balaban J connectivity index is 0.000000148. The number of rotatable bonds is 10. The number of aliphatic hydroxyl groups is 1. The van der Waals surface area contributed by atoms with Gasteiger partial charge in [0.25, 0.3) is 0 Å². The minimum atomic E-state index is -0.548. The molecule has 0 amide bonds. The van der Waals surface area contributed by atoms with Crippen molar-refractivity contribution in [2.75, 3.05) is 0 Å². The van der Waals surface area contributed by atoms with E-state index in [-0.39, 0.29) is 71.2 Å². The van der Waals surface area contributed by atoms with Crippen molar-refractivity contribution in [1.29, 1.82) is 15.8 Å². The molecule has 4 aromatic heterocycles. The SMILES string of the molecule is N#Cc1cc(F)cc(C2CCC(=O)C(CC(=O)c3ccccn3)C2)c1.N#Cc1cc(F)cc(C2CCC(O)C(CC(=O)c3ccccn3)C2)c1.N#Cc1cc(F)cc(C2CCc3oc(-c4ccccn4)nc3C2)c1. The maximum atomic E-state index is 13.7. The fraction of sp³-hybridized carbons (Fsp3) is 0.288. The van der Waals surface area contributed by atoms with Gasteiger partial charge in [-0.05, 0) is 170 Å². The van der Waals surface area contributed by atoms with E-state index in [4.69, 9.17) is 20.2 Å². The zero-order chi connectivity index (χ0) is 52.1. The summed E-state index contributed by atoms with van der Waals surface area (Å²) in [5.74, 6) is -0.461. The number of Topliss-reactive ketones (excluding diaryl/α,β-unsaturated/α-hetero) is 3. The number of aryl methyl sites for hydroxylation is 1. The molecule has 6 atom stereocenters. The molecule has 372 valence electrons. The summed E-state index contributed by atoms with van der Waals surface area (Å²) in [6.45, 7) is 0. The molecule has 15 heteroatoms. The van der Waals surface area contributed by atoms with E-state index < -0.39 is 17.7 Å². The molecule has 3 aromatic carbocycles. The second kappa shape index (κ2) is 24.3. The van der Waals surface area contributed by atoms with Gasteiger partial charge in [-0.15, -0.1) is 0 Å². The topological polar surface area (TPSA) is 208 Å². The second-order valence-electron chi connectivity index (χ2n) is 18.9. The van der Waals surface area contributed by atoms with Crippen LogP contribution in [0.4, 0.5) is 13.2 Å². The van der Waals surface area contributed by atoms with Crippen LogP contribution < -0.4 is 0 Å². The molecular formula is C59H50F3N7O5. The maximum Gasteiger partial charge on any atom is 0.245 e. The number of aromatic nitrogens is 4. The highest BCUT2D eigenvalue weighted by molar-refractivity contribution is 5.97. The molecule has 10 rings (SSSR count). The molecule has 12 nitrogen and oxygen atoms in total. The van der Waals surface area contributed by atoms with Crippen molar-refractivity contribution in [2.24, 2.45) is 11.8 Å². The minimum absolute atomic E-state index is 0.0259. The quantitative estimate of drug-likeness (QED) is 0.127. The first-order chi connectivity index (χ1) is 35.9. The van der Waals surface area contributed by atoms with E-state index in [1.165, 1.54) is 36.4 Å². The fourth-order valence-corrected chi connectivity index (χ4v) is 10.1. The molecule has 0 spiro atoms. The number of benzene rings is 3. The fourth-order valence-electron chi connectivity index (χ4n) is 10.1. The molecule has 0 saturated heterocycles. The standard InChI is InChI=1S/C20H19FN2O2.C20H17FN2O2.C19H14FN3O/c2*21-17-8-13(12-22)7-15(10-17)14-4-5-19(24)16(9-14)11-20(25)18-3-1-2-6-23-18;20-15-8-12(11-21)7-14(9-15)13-4-5-18-17(10-13)23-19(24-18)16-3-1-2-6-22-16/h1-3,6-8,10,14,16,19,24H,4-5,9,11H2;1-3,6-8,10,14,16H,4-5,9,11H2;1-3,6-9,13H,4-5,10H2. The summed E-state index contributed by atoms with van der Waals surface area (Å²) in [6, 6.07) is 35.0. The molecule has 0 aliphatic heterocycles. The number of halogens is 3. The highest BCUT2D eigenvalue weighted by Gasteiger charge is 2.34. The zero-order valence-electron chi connectivity index (χ0n) is 40.2. The number of carbonyl (C=O) groups excluding carboxylic acids is 3. The number of hydrogen-bond donors (Lipinski definition) is 1. The van der Waals surface area contributed by atoms with Gasteiger partial charge in [0.1, 0.15) is 46.1 Å². The lowest BCUT2D eigenvalue weighted by molar-refractivity contribution is -0.124. The lowest BCUT2D eigenvalue weighted by atomic mass is 9.74. The smallest absolute Gasteiger partial charge is 0.245 e. The molecule has 4 heterocycles. The van der Waals surface area contributed by atoms with Gasteiger partial charge in [-0.25, -0.2) is 18.2 Å². The Kier molecular flexibility index (Phi) is 17.0. The Hall–Kier alpha value is -8.45. The number of aliphatic hydroxyl groups excluding tert-OH is 1. The Morgan fingerprint density at radius 1 is 0.608 bits per heavy atom. The lowest BCUT2D eigenvalue weighted by Gasteiger charge is -2.33. The highest BCUT2D eigenvalue weighted by Crippen LogP contribution is 2.40. The summed E-state index contributed by atoms with van der Waals surface area (Å²) in [6.07, 6.45) is 10.2. The number of hydrogen-bond acceptors (Lipinski definition) is 12. The average molecular weight is 994 g/mol. The Morgan fingerprint density at radius 2 is 1.12 bits per heavy atom. The van der Waals surface area contributed by atoms with Crippen molar-refractivity contribution >= 4 is 17.3 Å². The van der Waals surface area contributed by atoms with Gasteiger partial charge in [0, 0.05) is 56.6 Å². The molecule has 0 radical (unpaired) electrons. The van der Waals surface area contributed by atoms with E-state index in [0.717, 1.165) is 41.0 Å². The van der Waals surface area contributed by atoms with Crippen LogP contribution in [0, 0.1) is 63.3 Å². The summed E-state index contributed by atoms with van der Waals surface area (Å²) in [7, 11) is 0. The summed E-state index contributed by atoms with van der Waals surface area (Å²) < 4.78 is 46.9. The van der Waals surface area contributed by atoms with Crippen molar-refractivity contribution in [2.45, 2.75) is 94.5 Å². The number of nitriles is 3. The van der Waals surface area contributed by atoms with Crippen molar-refractivity contribution in [3.63, 3.8) is 0 Å². The molecule has 2 saturated carbocycles. The molecular weight excluding hydrogens is 944 g/mol. The largest absolute Gasteiger partial charge is 0.440 e. The molecule has 0 bridgehead atoms. The van der Waals surface area contributed by atoms with Crippen LogP contribution >= 0.6 is 0 Å². The van der Waals surface area contributed by atoms with Crippen LogP contribution in [0.2, 0.25) is 0 Å². The number of oxazole rings is 1. The summed E-state index contributed by atoms with van der Waals surface area (Å²) in [5, 5.41) is 37.3. The molecule has 2 fully saturated rings. The average Bonchev–Trinajstić information content (AvgIpc) is 3.86. The van der Waals surface area contributed by atoms with Crippen molar-refractivity contribution in [1.82, 2.24) is 19.9 Å². The van der Waals surface area contributed by atoms with Gasteiger partial charge >= 0.3 is 0 Å². The van der Waals surface area contributed by atoms with Crippen LogP contribution in [0.3, 0.4) is 0 Å². The summed E-state index contributed by atoms with van der Waals surface area (Å²) >= 11 is 0. The first-order valence-corrected chi connectivity index (χ1v) is 24.5. The van der Waals surface area contributed by atoms with E-state index in [9.17, 15) is 32.7 Å². The number of pyridine rings is 3. The van der Waals surface area contributed by atoms with Gasteiger partial charge in [-0.2, -0.15) is 15.8 Å². The minimum Gasteiger partial charge on any atom is -0.440 e. The van der Waals surface area contributed by atoms with Crippen molar-refractivity contribution in [3.8, 4) is 29.8 Å². The predicted octanol–water partition coefficient (Wildman–Crippen LogP) is 11.4. The molecule has 74 heavy (non-hydrogen) atoms. The number of fused-ring (bicyclic) bond motifs is 1. The third kappa shape index (κ3) is 13.3. The molecule has 6 unspecified atom stereocenters. The van der Waals surface area contributed by atoms with Gasteiger partial charge in [0.15, 0.2) is 11.6 Å². The monoisotopic (exact) mass is 993 g/mol. The highest BCUT2D eigenvalue weighted by atomic mass is 19.1. The summed E-state index contributed by atoms with van der Waals surface area (Å²) in [4.78, 5) is 53.9. The van der Waals surface area contributed by atoms with Crippen LogP contribution in [-0.4, -0.2) is 48.5 Å².